The van der Waals surface area contributed by atoms with Crippen LogP contribution in [0.3, 0.4) is 0 Å². The molecule has 0 fully saturated rings. The minimum Gasteiger partial charge on any atom is -0.355 e. The fourth-order valence-electron chi connectivity index (χ4n) is 20.5. The van der Waals surface area contributed by atoms with E-state index in [9.17, 15) is 4.39 Å². The van der Waals surface area contributed by atoms with Crippen LogP contribution in [0.25, 0.3) is 131 Å². The Labute approximate surface area is 738 Å². The standard InChI is InChI=1S/C72H54F2N2.C28H24FN.C16H8Br2/c1-43-33-63-59(55-21-13-15-23-61(55)71(63,3)4)41-67(43)75(53-37-49(35-51(73)39-53)45-17-9-7-10-18-45)65-31-27-47-26-30-58-66(32-28-48-25-29-57(65)69(47)70(48)58)76(54-38-50(36-52(74)40-54)46-19-11-8-12-20-46)68-42-60-56-22-14-16-24-62(56)72(5,6)64(60)34-44(68)2;1-18-13-26-24(23-11-7-8-12-25(23)28(26,2)3)17-27(18)30-22-15-20(14-21(29)16-22)19-9-5-4-6-10-19;17-13-8-4-10-2-6-12-14(18)7-3-9-1-5-11(13)16(10)15(9)12/h7-42H,1-6H3;4-17,30H,1-3H3;1-8H. The highest BCUT2D eigenvalue weighted by Gasteiger charge is 2.40. The van der Waals surface area contributed by atoms with Crippen LogP contribution < -0.4 is 15.1 Å². The molecule has 0 bridgehead atoms. The lowest BCUT2D eigenvalue weighted by molar-refractivity contribution is 0.628. The normalized spacial score (nSPS) is 13.4. The smallest absolute Gasteiger partial charge is 0.125 e. The Kier molecular flexibility index (Phi) is 18.9. The molecule has 0 radical (unpaired) electrons. The molecule has 3 aliphatic carbocycles. The van der Waals surface area contributed by atoms with Gasteiger partial charge in [-0.2, -0.15) is 0 Å². The third kappa shape index (κ3) is 13.0. The summed E-state index contributed by atoms with van der Waals surface area (Å²) in [5, 5.41) is 17.8. The van der Waals surface area contributed by atoms with Gasteiger partial charge >= 0.3 is 0 Å². The molecule has 600 valence electrons. The molecule has 0 saturated heterocycles. The predicted octanol–water partition coefficient (Wildman–Crippen LogP) is 34.3. The van der Waals surface area contributed by atoms with Crippen molar-refractivity contribution in [1.82, 2.24) is 0 Å². The number of rotatable bonds is 11. The molecule has 0 heterocycles. The van der Waals surface area contributed by atoms with Crippen molar-refractivity contribution in [2.24, 2.45) is 0 Å². The summed E-state index contributed by atoms with van der Waals surface area (Å²) in [4.78, 5) is 4.56. The fourth-order valence-corrected chi connectivity index (χ4v) is 21.4. The molecule has 3 aliphatic rings. The number of halogens is 5. The predicted molar refractivity (Wildman–Crippen MR) is 524 cm³/mol. The topological polar surface area (TPSA) is 18.5 Å². The molecule has 0 saturated carbocycles. The van der Waals surface area contributed by atoms with Gasteiger partial charge in [0.15, 0.2) is 0 Å². The van der Waals surface area contributed by atoms with E-state index in [-0.39, 0.29) is 33.7 Å². The van der Waals surface area contributed by atoms with Gasteiger partial charge in [-0.3, -0.25) is 0 Å². The van der Waals surface area contributed by atoms with Gasteiger partial charge in [-0.1, -0.05) is 328 Å². The lowest BCUT2D eigenvalue weighted by Crippen LogP contribution is -2.17. The van der Waals surface area contributed by atoms with E-state index in [1.165, 1.54) is 99.1 Å². The maximum atomic E-state index is 16.5. The highest BCUT2D eigenvalue weighted by Crippen LogP contribution is 2.58. The summed E-state index contributed by atoms with van der Waals surface area (Å²) in [6.45, 7) is 20.3. The molecule has 0 aliphatic heterocycles. The van der Waals surface area contributed by atoms with E-state index in [1.54, 1.807) is 36.4 Å². The van der Waals surface area contributed by atoms with Crippen LogP contribution in [0.1, 0.15) is 91.6 Å². The number of nitrogens with one attached hydrogen (secondary N) is 1. The fraction of sp³-hybridized carbons (Fsp3) is 0.103. The molecule has 124 heavy (non-hydrogen) atoms. The van der Waals surface area contributed by atoms with Crippen molar-refractivity contribution in [3.8, 4) is 66.8 Å². The Hall–Kier alpha value is -13.4. The van der Waals surface area contributed by atoms with Crippen molar-refractivity contribution < 1.29 is 13.2 Å². The van der Waals surface area contributed by atoms with Crippen LogP contribution in [0.4, 0.5) is 58.7 Å². The Bertz CT molecular complexity index is 7370. The molecule has 0 aromatic heterocycles. The zero-order valence-electron chi connectivity index (χ0n) is 70.3. The highest BCUT2D eigenvalue weighted by molar-refractivity contribution is 9.11. The summed E-state index contributed by atoms with van der Waals surface area (Å²) < 4.78 is 49.6. The Morgan fingerprint density at radius 1 is 0.250 bits per heavy atom. The Morgan fingerprint density at radius 2 is 0.565 bits per heavy atom. The van der Waals surface area contributed by atoms with E-state index in [4.69, 9.17) is 0 Å². The van der Waals surface area contributed by atoms with E-state index in [0.717, 1.165) is 137 Å². The van der Waals surface area contributed by atoms with Crippen LogP contribution in [0.2, 0.25) is 0 Å². The zero-order chi connectivity index (χ0) is 84.9. The zero-order valence-corrected chi connectivity index (χ0v) is 73.4. The quantitative estimate of drug-likeness (QED) is 0.130. The van der Waals surface area contributed by atoms with Gasteiger partial charge in [-0.25, -0.2) is 13.2 Å². The van der Waals surface area contributed by atoms with Gasteiger partial charge in [0.05, 0.1) is 11.4 Å². The number of nitrogens with zero attached hydrogens (tertiary/aromatic N) is 2. The van der Waals surface area contributed by atoms with E-state index < -0.39 is 0 Å². The number of aryl methyl sites for hydroxylation is 3. The molecule has 1 N–H and O–H groups in total. The van der Waals surface area contributed by atoms with E-state index in [2.05, 4.69) is 328 Å². The first-order valence-corrected chi connectivity index (χ1v) is 44.0. The number of benzene rings is 20. The Morgan fingerprint density at radius 3 is 0.960 bits per heavy atom. The number of hydrogen-bond acceptors (Lipinski definition) is 3. The summed E-state index contributed by atoms with van der Waals surface area (Å²) in [6.07, 6.45) is 0. The lowest BCUT2D eigenvalue weighted by Gasteiger charge is -2.32. The van der Waals surface area contributed by atoms with Crippen LogP contribution in [-0.4, -0.2) is 0 Å². The van der Waals surface area contributed by atoms with Crippen molar-refractivity contribution in [3.63, 3.8) is 0 Å². The molecule has 8 heteroatoms. The van der Waals surface area contributed by atoms with Crippen LogP contribution in [0.15, 0.2) is 361 Å². The van der Waals surface area contributed by atoms with Gasteiger partial charge in [0, 0.05) is 70.1 Å². The van der Waals surface area contributed by atoms with Gasteiger partial charge in [-0.05, 0) is 289 Å². The molecule has 0 unspecified atom stereocenters. The summed E-state index contributed by atoms with van der Waals surface area (Å²) in [5.41, 5.74) is 30.6. The van der Waals surface area contributed by atoms with Gasteiger partial charge < -0.3 is 15.1 Å². The van der Waals surface area contributed by atoms with E-state index in [1.807, 2.05) is 97.1 Å². The average molecular weight is 1740 g/mol. The summed E-state index contributed by atoms with van der Waals surface area (Å²) in [6, 6.07) is 121. The molecule has 0 amide bonds. The van der Waals surface area contributed by atoms with Crippen molar-refractivity contribution in [2.45, 2.75) is 78.6 Å². The summed E-state index contributed by atoms with van der Waals surface area (Å²) >= 11 is 7.30. The van der Waals surface area contributed by atoms with Crippen molar-refractivity contribution in [1.29, 1.82) is 0 Å². The van der Waals surface area contributed by atoms with Crippen LogP contribution in [0, 0.1) is 38.2 Å². The van der Waals surface area contributed by atoms with Crippen molar-refractivity contribution in [3.05, 3.63) is 428 Å². The maximum absolute atomic E-state index is 16.5. The molecule has 3 nitrogen and oxygen atoms in total. The third-order valence-corrected chi connectivity index (χ3v) is 28.0. The maximum Gasteiger partial charge on any atom is 0.125 e. The monoisotopic (exact) mass is 1740 g/mol. The van der Waals surface area contributed by atoms with E-state index >= 15 is 8.78 Å². The number of anilines is 8. The Balaban J connectivity index is 0.000000158. The summed E-state index contributed by atoms with van der Waals surface area (Å²) in [7, 11) is 0. The molecule has 0 spiro atoms. The van der Waals surface area contributed by atoms with Crippen molar-refractivity contribution >= 4 is 142 Å². The number of fused-ring (bicyclic) bond motifs is 9. The molecule has 20 aromatic carbocycles. The van der Waals surface area contributed by atoms with Gasteiger partial charge in [-0.15, -0.1) is 0 Å². The van der Waals surface area contributed by atoms with Crippen molar-refractivity contribution in [2.75, 3.05) is 15.1 Å². The molecular weight excluding hydrogens is 1650 g/mol. The second kappa shape index (κ2) is 30.0. The third-order valence-electron chi connectivity index (χ3n) is 26.6. The molecular formula is C116H86Br2F3N3. The largest absolute Gasteiger partial charge is 0.355 e. The first-order valence-electron chi connectivity index (χ1n) is 42.4. The lowest BCUT2D eigenvalue weighted by atomic mass is 9.82. The molecule has 0 atom stereocenters. The minimum absolute atomic E-state index is 0.0193. The van der Waals surface area contributed by atoms with Crippen LogP contribution in [0.5, 0.6) is 0 Å². The van der Waals surface area contributed by atoms with Gasteiger partial charge in [0.1, 0.15) is 17.5 Å². The second-order valence-electron chi connectivity index (χ2n) is 35.2. The average Bonchev–Trinajstić information content (AvgIpc) is 1.26. The van der Waals surface area contributed by atoms with Crippen LogP contribution in [-0.2, 0) is 16.2 Å². The second-order valence-corrected chi connectivity index (χ2v) is 36.9. The van der Waals surface area contributed by atoms with Gasteiger partial charge in [0.2, 0.25) is 0 Å². The molecule has 23 rings (SSSR count). The molecule has 20 aromatic rings. The first-order chi connectivity index (χ1) is 60.0. The summed E-state index contributed by atoms with van der Waals surface area (Å²) in [5.74, 6) is -0.865. The van der Waals surface area contributed by atoms with Crippen LogP contribution >= 0.6 is 31.9 Å². The van der Waals surface area contributed by atoms with Gasteiger partial charge in [0.25, 0.3) is 0 Å². The van der Waals surface area contributed by atoms with E-state index in [0.29, 0.717) is 0 Å². The highest BCUT2D eigenvalue weighted by atomic mass is 79.9. The first kappa shape index (κ1) is 77.9. The SMILES string of the molecule is Brc1ccc2ccc3c(Br)ccc4ccc1c2c43.Cc1cc2c(cc1N(c1cc(F)cc(-c3ccccc3)c1)c1ccc3ccc4c(N(c5cc(F)cc(-c6ccccc6)c5)c5cc6c(cc5C)C(C)(C)c5ccccc5-6)ccc5ccc1c3c54)-c1ccccc1C2(C)C.Cc1cc2c(cc1Nc1cc(F)cc(-c3ccccc3)c1)-c1ccccc1C2(C)C. The minimum atomic E-state index is -0.309. The number of hydrogen-bond donors (Lipinski definition) is 1.